The molecular formula is C39H45N3O7. The van der Waals surface area contributed by atoms with Gasteiger partial charge in [0.25, 0.3) is 5.91 Å². The number of alkyl carbamates (subject to hydrolysis) is 1. The predicted molar refractivity (Wildman–Crippen MR) is 184 cm³/mol. The van der Waals surface area contributed by atoms with Crippen LogP contribution in [0.1, 0.15) is 73.7 Å². The number of amides is 3. The summed E-state index contributed by atoms with van der Waals surface area (Å²) in [7, 11) is 0. The first-order chi connectivity index (χ1) is 23.8. The Morgan fingerprint density at radius 2 is 1.76 bits per heavy atom. The highest BCUT2D eigenvalue weighted by atomic mass is 16.7. The molecule has 2 N–H and O–H groups in total. The third-order valence-electron chi connectivity index (χ3n) is 9.79. The molecule has 2 aliphatic heterocycles. The van der Waals surface area contributed by atoms with Crippen molar-refractivity contribution < 1.29 is 33.7 Å². The quantitative estimate of drug-likeness (QED) is 0.180. The van der Waals surface area contributed by atoms with Gasteiger partial charge in [-0.2, -0.15) is 0 Å². The molecule has 3 aromatic rings. The van der Waals surface area contributed by atoms with Crippen LogP contribution in [0.25, 0.3) is 0 Å². The minimum absolute atomic E-state index is 0.00310. The van der Waals surface area contributed by atoms with Crippen LogP contribution in [0, 0.1) is 5.92 Å². The van der Waals surface area contributed by atoms with Crippen LogP contribution in [0.4, 0.5) is 10.5 Å². The van der Waals surface area contributed by atoms with E-state index in [0.29, 0.717) is 23.8 Å². The average molecular weight is 668 g/mol. The van der Waals surface area contributed by atoms with Gasteiger partial charge in [-0.3, -0.25) is 14.5 Å². The number of hydrogen-bond donors (Lipinski definition) is 2. The van der Waals surface area contributed by atoms with Crippen LogP contribution in [0.2, 0.25) is 0 Å². The minimum Gasteiger partial charge on any atom is -0.445 e. The minimum atomic E-state index is -1.04. The molecule has 3 aliphatic rings. The number of imide groups is 1. The van der Waals surface area contributed by atoms with Gasteiger partial charge in [0, 0.05) is 30.6 Å². The average Bonchev–Trinajstić information content (AvgIpc) is 3.76. The summed E-state index contributed by atoms with van der Waals surface area (Å²) in [5.74, 6) is -0.955. The van der Waals surface area contributed by atoms with Crippen molar-refractivity contribution in [2.45, 2.75) is 82.8 Å². The molecule has 5 atom stereocenters. The molecule has 3 fully saturated rings. The number of anilines is 1. The maximum absolute atomic E-state index is 13.4. The molecular weight excluding hydrogens is 622 g/mol. The molecule has 10 nitrogen and oxygen atoms in total. The molecule has 3 aromatic carbocycles. The number of aliphatic hydroxyl groups is 1. The fraction of sp³-hybridized carbons (Fsp3) is 0.410. The van der Waals surface area contributed by atoms with E-state index >= 15 is 0 Å². The van der Waals surface area contributed by atoms with Gasteiger partial charge in [-0.1, -0.05) is 92.6 Å². The lowest BCUT2D eigenvalue weighted by atomic mass is 9.89. The Balaban J connectivity index is 1.20. The summed E-state index contributed by atoms with van der Waals surface area (Å²) in [4.78, 5) is 42.7. The first-order valence-corrected chi connectivity index (χ1v) is 17.1. The molecule has 0 radical (unpaired) electrons. The van der Waals surface area contributed by atoms with Crippen molar-refractivity contribution in [3.8, 4) is 0 Å². The zero-order chi connectivity index (χ0) is 34.3. The predicted octanol–water partition coefficient (Wildman–Crippen LogP) is 5.96. The highest BCUT2D eigenvalue weighted by molar-refractivity contribution is 6.22. The molecule has 3 amide bonds. The first-order valence-electron chi connectivity index (χ1n) is 17.1. The van der Waals surface area contributed by atoms with Crippen molar-refractivity contribution >= 4 is 23.6 Å². The van der Waals surface area contributed by atoms with Crippen molar-refractivity contribution in [3.63, 3.8) is 0 Å². The van der Waals surface area contributed by atoms with Gasteiger partial charge in [0.15, 0.2) is 6.29 Å². The number of benzene rings is 3. The van der Waals surface area contributed by atoms with Crippen LogP contribution >= 0.6 is 0 Å². The van der Waals surface area contributed by atoms with E-state index in [1.54, 1.807) is 18.2 Å². The van der Waals surface area contributed by atoms with Gasteiger partial charge in [0.05, 0.1) is 30.9 Å². The number of nitrogens with one attached hydrogen (secondary N) is 1. The van der Waals surface area contributed by atoms with Crippen LogP contribution in [0.5, 0.6) is 0 Å². The van der Waals surface area contributed by atoms with E-state index in [0.717, 1.165) is 41.0 Å². The highest BCUT2D eigenvalue weighted by Crippen LogP contribution is 2.43. The summed E-state index contributed by atoms with van der Waals surface area (Å²) >= 11 is 0. The SMILES string of the molecule is C=CCN(CC1OC(c2cccc(N3C(=O)CC(NC(=O)OCc4ccccc4)C3=O)c2)OC(c2ccc(CO)cc2)C1C)C1CCCC1. The van der Waals surface area contributed by atoms with Gasteiger partial charge in [-0.25, -0.2) is 9.69 Å². The Morgan fingerprint density at radius 1 is 1.00 bits per heavy atom. The molecule has 2 heterocycles. The maximum atomic E-state index is 13.4. The van der Waals surface area contributed by atoms with E-state index in [1.807, 2.05) is 66.7 Å². The summed E-state index contributed by atoms with van der Waals surface area (Å²) < 4.78 is 18.7. The van der Waals surface area contributed by atoms with Crippen LogP contribution in [0.15, 0.2) is 91.5 Å². The molecule has 49 heavy (non-hydrogen) atoms. The molecule has 258 valence electrons. The maximum Gasteiger partial charge on any atom is 0.408 e. The summed E-state index contributed by atoms with van der Waals surface area (Å²) in [5, 5.41) is 12.2. The summed E-state index contributed by atoms with van der Waals surface area (Å²) in [5.41, 5.74) is 3.65. The van der Waals surface area contributed by atoms with Gasteiger partial charge in [-0.05, 0) is 41.7 Å². The fourth-order valence-corrected chi connectivity index (χ4v) is 7.10. The number of ether oxygens (including phenoxy) is 3. The Morgan fingerprint density at radius 3 is 2.47 bits per heavy atom. The number of carbonyl (C=O) groups excluding carboxylic acids is 3. The van der Waals surface area contributed by atoms with Crippen molar-refractivity contribution in [3.05, 3.63) is 114 Å². The Bertz CT molecular complexity index is 1610. The zero-order valence-electron chi connectivity index (χ0n) is 27.9. The summed E-state index contributed by atoms with van der Waals surface area (Å²) in [6.45, 7) is 7.63. The van der Waals surface area contributed by atoms with E-state index in [-0.39, 0.29) is 37.8 Å². The summed E-state index contributed by atoms with van der Waals surface area (Å²) in [6, 6.07) is 23.5. The van der Waals surface area contributed by atoms with Crippen LogP contribution in [-0.2, 0) is 37.0 Å². The standard InChI is InChI=1S/C39H45N3O7/c1-3-20-41(31-13-7-8-14-31)23-34-26(2)36(29-18-16-27(24-43)17-19-29)49-38(48-34)30-12-9-15-32(21-30)42-35(44)22-33(37(42)45)40-39(46)47-25-28-10-5-4-6-11-28/h3-6,9-12,15-19,21,26,31,33-34,36,38,43H,1,7-8,13-14,20,22-25H2,2H3,(H,40,46). The second-order valence-corrected chi connectivity index (χ2v) is 13.1. The summed E-state index contributed by atoms with van der Waals surface area (Å²) in [6.07, 6.45) is 4.49. The fourth-order valence-electron chi connectivity index (χ4n) is 7.10. The lowest BCUT2D eigenvalue weighted by Crippen LogP contribution is -2.47. The van der Waals surface area contributed by atoms with E-state index in [9.17, 15) is 19.5 Å². The Hall–Kier alpha value is -4.35. The van der Waals surface area contributed by atoms with E-state index in [4.69, 9.17) is 14.2 Å². The van der Waals surface area contributed by atoms with Gasteiger partial charge < -0.3 is 24.6 Å². The molecule has 0 spiro atoms. The molecule has 1 saturated carbocycles. The Kier molecular flexibility index (Phi) is 11.2. The Labute approximate surface area is 287 Å². The molecule has 0 bridgehead atoms. The monoisotopic (exact) mass is 667 g/mol. The van der Waals surface area contributed by atoms with Crippen molar-refractivity contribution in [2.24, 2.45) is 5.92 Å². The van der Waals surface area contributed by atoms with E-state index in [2.05, 4.69) is 23.7 Å². The number of rotatable bonds is 12. The molecule has 6 rings (SSSR count). The van der Waals surface area contributed by atoms with Crippen LogP contribution in [0.3, 0.4) is 0 Å². The van der Waals surface area contributed by atoms with Crippen LogP contribution < -0.4 is 10.2 Å². The molecule has 1 aliphatic carbocycles. The highest BCUT2D eigenvalue weighted by Gasteiger charge is 2.43. The smallest absolute Gasteiger partial charge is 0.408 e. The largest absolute Gasteiger partial charge is 0.445 e. The number of carbonyl (C=O) groups is 3. The van der Waals surface area contributed by atoms with Crippen molar-refractivity contribution in [1.82, 2.24) is 10.2 Å². The molecule has 2 saturated heterocycles. The van der Waals surface area contributed by atoms with E-state index < -0.39 is 30.2 Å². The second-order valence-electron chi connectivity index (χ2n) is 13.1. The normalized spacial score (nSPS) is 24.4. The van der Waals surface area contributed by atoms with E-state index in [1.165, 1.54) is 12.8 Å². The van der Waals surface area contributed by atoms with Crippen molar-refractivity contribution in [1.29, 1.82) is 0 Å². The number of nitrogens with zero attached hydrogens (tertiary/aromatic N) is 2. The lowest BCUT2D eigenvalue weighted by Gasteiger charge is -2.43. The molecule has 10 heteroatoms. The molecule has 5 unspecified atom stereocenters. The number of aliphatic hydroxyl groups excluding tert-OH is 1. The third kappa shape index (κ3) is 8.11. The zero-order valence-corrected chi connectivity index (χ0v) is 27.9. The third-order valence-corrected chi connectivity index (χ3v) is 9.79. The van der Waals surface area contributed by atoms with Gasteiger partial charge in [-0.15, -0.1) is 6.58 Å². The van der Waals surface area contributed by atoms with Gasteiger partial charge in [0.2, 0.25) is 5.91 Å². The molecule has 0 aromatic heterocycles. The lowest BCUT2D eigenvalue weighted by molar-refractivity contribution is -0.276. The van der Waals surface area contributed by atoms with Gasteiger partial charge >= 0.3 is 6.09 Å². The number of hydrogen-bond acceptors (Lipinski definition) is 8. The van der Waals surface area contributed by atoms with Crippen molar-refractivity contribution in [2.75, 3.05) is 18.0 Å². The van der Waals surface area contributed by atoms with Gasteiger partial charge in [0.1, 0.15) is 12.6 Å². The second kappa shape index (κ2) is 15.9. The van der Waals surface area contributed by atoms with Crippen LogP contribution in [-0.4, -0.2) is 59.2 Å². The topological polar surface area (TPSA) is 118 Å². The first kappa shape index (κ1) is 34.5.